The fourth-order valence-corrected chi connectivity index (χ4v) is 2.17. The number of hydrogen-bond acceptors (Lipinski definition) is 7. The van der Waals surface area contributed by atoms with E-state index in [-0.39, 0.29) is 17.4 Å². The quantitative estimate of drug-likeness (QED) is 0.510. The van der Waals surface area contributed by atoms with Gasteiger partial charge in [-0.15, -0.1) is 0 Å². The second-order valence-electron chi connectivity index (χ2n) is 5.42. The van der Waals surface area contributed by atoms with E-state index in [9.17, 15) is 4.79 Å². The molecule has 2 aromatic heterocycles. The van der Waals surface area contributed by atoms with Crippen LogP contribution in [0.2, 0.25) is 5.02 Å². The molecular weight excluding hydrogens is 354 g/mol. The summed E-state index contributed by atoms with van der Waals surface area (Å²) in [7, 11) is 0. The van der Waals surface area contributed by atoms with Crippen molar-refractivity contribution < 1.29 is 4.79 Å². The van der Waals surface area contributed by atoms with Crippen LogP contribution in [-0.4, -0.2) is 20.9 Å². The number of hydrazine groups is 1. The van der Waals surface area contributed by atoms with Crippen LogP contribution in [0.15, 0.2) is 48.9 Å². The number of anilines is 4. The lowest BCUT2D eigenvalue weighted by molar-refractivity contribution is 0.0962. The van der Waals surface area contributed by atoms with Crippen molar-refractivity contribution >= 4 is 40.6 Å². The highest BCUT2D eigenvalue weighted by Gasteiger charge is 2.11. The number of nitrogens with two attached hydrogens (primary N) is 1. The minimum absolute atomic E-state index is 0.230. The number of hydrogen-bond donors (Lipinski definition) is 4. The van der Waals surface area contributed by atoms with E-state index >= 15 is 0 Å². The second kappa shape index (κ2) is 7.66. The maximum atomic E-state index is 12.2. The highest BCUT2D eigenvalue weighted by molar-refractivity contribution is 6.30. The van der Waals surface area contributed by atoms with Crippen LogP contribution in [0.5, 0.6) is 0 Å². The van der Waals surface area contributed by atoms with E-state index in [0.717, 1.165) is 5.56 Å². The van der Waals surface area contributed by atoms with Gasteiger partial charge in [0.1, 0.15) is 17.8 Å². The number of benzene rings is 1. The monoisotopic (exact) mass is 369 g/mol. The minimum atomic E-state index is -0.308. The van der Waals surface area contributed by atoms with Gasteiger partial charge in [-0.25, -0.2) is 15.0 Å². The van der Waals surface area contributed by atoms with Crippen molar-refractivity contribution in [2.24, 2.45) is 0 Å². The van der Waals surface area contributed by atoms with Crippen LogP contribution in [0.3, 0.4) is 0 Å². The Morgan fingerprint density at radius 2 is 1.77 bits per heavy atom. The van der Waals surface area contributed by atoms with Crippen molar-refractivity contribution in [2.45, 2.75) is 6.92 Å². The van der Waals surface area contributed by atoms with Crippen molar-refractivity contribution in [1.82, 2.24) is 20.4 Å². The second-order valence-corrected chi connectivity index (χ2v) is 5.85. The van der Waals surface area contributed by atoms with Crippen LogP contribution >= 0.6 is 11.6 Å². The molecule has 9 heteroatoms. The van der Waals surface area contributed by atoms with Gasteiger partial charge in [0.25, 0.3) is 5.91 Å². The predicted molar refractivity (Wildman–Crippen MR) is 101 cm³/mol. The van der Waals surface area contributed by atoms with Gasteiger partial charge in [-0.3, -0.25) is 15.6 Å². The van der Waals surface area contributed by atoms with E-state index in [1.54, 1.807) is 24.3 Å². The summed E-state index contributed by atoms with van der Waals surface area (Å²) in [6.07, 6.45) is 2.82. The molecule has 0 aliphatic rings. The average Bonchev–Trinajstić information content (AvgIpc) is 2.64. The molecule has 132 valence electrons. The van der Waals surface area contributed by atoms with Crippen molar-refractivity contribution in [3.05, 3.63) is 65.1 Å². The van der Waals surface area contributed by atoms with Gasteiger partial charge >= 0.3 is 0 Å². The number of carbonyl (C=O) groups excluding carboxylic acids is 1. The Morgan fingerprint density at radius 3 is 2.46 bits per heavy atom. The van der Waals surface area contributed by atoms with Crippen LogP contribution in [0.25, 0.3) is 0 Å². The Morgan fingerprint density at radius 1 is 1.04 bits per heavy atom. The van der Waals surface area contributed by atoms with Gasteiger partial charge in [-0.2, -0.15) is 0 Å². The summed E-state index contributed by atoms with van der Waals surface area (Å²) in [5, 5.41) is 3.49. The lowest BCUT2D eigenvalue weighted by atomic mass is 10.1. The Balaban J connectivity index is 1.69. The molecule has 0 spiro atoms. The van der Waals surface area contributed by atoms with Gasteiger partial charge in [0.15, 0.2) is 11.6 Å². The van der Waals surface area contributed by atoms with Crippen LogP contribution in [-0.2, 0) is 0 Å². The van der Waals surface area contributed by atoms with Gasteiger partial charge < -0.3 is 11.1 Å². The molecule has 0 unspecified atom stereocenters. The minimum Gasteiger partial charge on any atom is -0.393 e. The van der Waals surface area contributed by atoms with Crippen molar-refractivity contribution in [2.75, 3.05) is 16.5 Å². The van der Waals surface area contributed by atoms with Crippen molar-refractivity contribution in [3.8, 4) is 0 Å². The molecule has 1 amide bonds. The summed E-state index contributed by atoms with van der Waals surface area (Å²) >= 11 is 5.81. The standard InChI is InChI=1S/C17H16ClN7O/c1-10-2-4-11(5-3-10)17(26)25-24-16-14(19)15(21-9-22-16)23-13-7-6-12(18)8-20-13/h2-9H,19H2,1H3,(H,25,26)(H2,20,21,22,23,24). The molecule has 1 aromatic carbocycles. The summed E-state index contributed by atoms with van der Waals surface area (Å²) < 4.78 is 0. The van der Waals surface area contributed by atoms with Crippen LogP contribution < -0.4 is 21.9 Å². The molecule has 2 heterocycles. The smallest absolute Gasteiger partial charge is 0.269 e. The number of pyridine rings is 1. The van der Waals surface area contributed by atoms with Gasteiger partial charge in [0.2, 0.25) is 0 Å². The van der Waals surface area contributed by atoms with E-state index in [1.807, 2.05) is 19.1 Å². The SMILES string of the molecule is Cc1ccc(C(=O)NNc2ncnc(Nc3ccc(Cl)cn3)c2N)cc1. The molecule has 0 atom stereocenters. The predicted octanol–water partition coefficient (Wildman–Crippen LogP) is 2.92. The first-order valence-corrected chi connectivity index (χ1v) is 8.03. The number of rotatable bonds is 5. The molecule has 0 bridgehead atoms. The molecule has 3 rings (SSSR count). The zero-order chi connectivity index (χ0) is 18.5. The highest BCUT2D eigenvalue weighted by atomic mass is 35.5. The normalized spacial score (nSPS) is 10.2. The molecule has 26 heavy (non-hydrogen) atoms. The summed E-state index contributed by atoms with van der Waals surface area (Å²) in [5.41, 5.74) is 13.1. The van der Waals surface area contributed by atoms with Gasteiger partial charge in [-0.1, -0.05) is 29.3 Å². The first-order chi connectivity index (χ1) is 12.5. The third-order valence-corrected chi connectivity index (χ3v) is 3.69. The fourth-order valence-electron chi connectivity index (χ4n) is 2.06. The number of carbonyl (C=O) groups is 1. The molecule has 0 aliphatic carbocycles. The van der Waals surface area contributed by atoms with E-state index in [2.05, 4.69) is 31.1 Å². The zero-order valence-corrected chi connectivity index (χ0v) is 14.6. The van der Waals surface area contributed by atoms with Gasteiger partial charge in [0.05, 0.1) is 5.02 Å². The molecule has 0 radical (unpaired) electrons. The lowest BCUT2D eigenvalue weighted by Crippen LogP contribution is -2.30. The number of nitrogen functional groups attached to an aromatic ring is 1. The Bertz CT molecular complexity index is 913. The number of aryl methyl sites for hydroxylation is 1. The van der Waals surface area contributed by atoms with Crippen molar-refractivity contribution in [1.29, 1.82) is 0 Å². The van der Waals surface area contributed by atoms with E-state index in [1.165, 1.54) is 12.5 Å². The molecule has 0 saturated carbocycles. The van der Waals surface area contributed by atoms with Crippen LogP contribution in [0.1, 0.15) is 15.9 Å². The molecule has 8 nitrogen and oxygen atoms in total. The number of amides is 1. The Labute approximate surface area is 154 Å². The van der Waals surface area contributed by atoms with Gasteiger partial charge in [0, 0.05) is 11.8 Å². The van der Waals surface area contributed by atoms with Crippen LogP contribution in [0, 0.1) is 6.92 Å². The highest BCUT2D eigenvalue weighted by Crippen LogP contribution is 2.24. The molecular formula is C17H16ClN7O. The van der Waals surface area contributed by atoms with E-state index in [0.29, 0.717) is 22.2 Å². The molecule has 3 aromatic rings. The van der Waals surface area contributed by atoms with E-state index in [4.69, 9.17) is 17.3 Å². The Kier molecular flexibility index (Phi) is 5.14. The van der Waals surface area contributed by atoms with Crippen molar-refractivity contribution in [3.63, 3.8) is 0 Å². The number of nitrogens with one attached hydrogen (secondary N) is 3. The average molecular weight is 370 g/mol. The molecule has 0 aliphatic heterocycles. The third-order valence-electron chi connectivity index (χ3n) is 3.47. The third kappa shape index (κ3) is 4.17. The summed E-state index contributed by atoms with van der Waals surface area (Å²) in [6, 6.07) is 10.6. The first kappa shape index (κ1) is 17.4. The lowest BCUT2D eigenvalue weighted by Gasteiger charge is -2.13. The number of nitrogens with zero attached hydrogens (tertiary/aromatic N) is 3. The number of aromatic nitrogens is 3. The van der Waals surface area contributed by atoms with Gasteiger partial charge in [-0.05, 0) is 31.2 Å². The molecule has 0 saturated heterocycles. The fraction of sp³-hybridized carbons (Fsp3) is 0.0588. The maximum absolute atomic E-state index is 12.2. The van der Waals surface area contributed by atoms with E-state index < -0.39 is 0 Å². The maximum Gasteiger partial charge on any atom is 0.269 e. The molecule has 5 N–H and O–H groups in total. The first-order valence-electron chi connectivity index (χ1n) is 7.65. The summed E-state index contributed by atoms with van der Waals surface area (Å²) in [6.45, 7) is 1.95. The topological polar surface area (TPSA) is 118 Å². The summed E-state index contributed by atoms with van der Waals surface area (Å²) in [5.74, 6) is 0.824. The largest absolute Gasteiger partial charge is 0.393 e. The van der Waals surface area contributed by atoms with Crippen LogP contribution in [0.4, 0.5) is 23.1 Å². The number of halogens is 1. The Hall–Kier alpha value is -3.39. The molecule has 0 fully saturated rings. The zero-order valence-electron chi connectivity index (χ0n) is 13.8. The summed E-state index contributed by atoms with van der Waals surface area (Å²) in [4.78, 5) is 24.4.